The van der Waals surface area contributed by atoms with Gasteiger partial charge in [-0.3, -0.25) is 0 Å². The molecule has 1 aliphatic rings. The lowest BCUT2D eigenvalue weighted by molar-refractivity contribution is 0.277. The summed E-state index contributed by atoms with van der Waals surface area (Å²) < 4.78 is 4.25. The topological polar surface area (TPSA) is 9.23 Å². The molecule has 0 spiro atoms. The quantitative estimate of drug-likeness (QED) is 0.526. The summed E-state index contributed by atoms with van der Waals surface area (Å²) in [5.74, 6) is 2.01. The van der Waals surface area contributed by atoms with Crippen LogP contribution in [0.2, 0.25) is 0 Å². The summed E-state index contributed by atoms with van der Waals surface area (Å²) in [5.41, 5.74) is 0. The molecule has 0 radical (unpaired) electrons. The molecule has 0 aromatic heterocycles. The van der Waals surface area contributed by atoms with Crippen molar-refractivity contribution in [2.75, 3.05) is 14.2 Å². The van der Waals surface area contributed by atoms with Gasteiger partial charge in [-0.25, -0.2) is 0 Å². The number of methoxy groups -OCH3 is 1. The van der Waals surface area contributed by atoms with E-state index >= 15 is 0 Å². The number of hydrogen-bond acceptors (Lipinski definition) is 1. The summed E-state index contributed by atoms with van der Waals surface area (Å²) in [4.78, 5) is 0. The molecule has 0 aromatic carbocycles. The molecule has 2 unspecified atom stereocenters. The van der Waals surface area contributed by atoms with Gasteiger partial charge in [-0.05, 0) is 11.8 Å². The van der Waals surface area contributed by atoms with E-state index in [1.54, 1.807) is 14.2 Å². The molecule has 68 valence electrons. The van der Waals surface area contributed by atoms with Crippen LogP contribution in [0.5, 0.6) is 0 Å². The molecule has 0 bridgehead atoms. The summed E-state index contributed by atoms with van der Waals surface area (Å²) in [6.45, 7) is 4.76. The molecule has 11 heavy (non-hydrogen) atoms. The lowest BCUT2D eigenvalue weighted by Crippen LogP contribution is -2.12. The molecule has 1 heteroatoms. The van der Waals surface area contributed by atoms with E-state index in [1.807, 2.05) is 0 Å². The minimum atomic E-state index is 1.00. The first-order chi connectivity index (χ1) is 5.22. The minimum Gasteiger partial charge on any atom is -0.388 e. The molecule has 1 nitrogen and oxygen atoms in total. The first kappa shape index (κ1) is 11.0. The predicted molar refractivity (Wildman–Crippen MR) is 49.7 cm³/mol. The number of ether oxygens (including phenoxy) is 1. The Kier molecular flexibility index (Phi) is 6.63. The second-order valence-electron chi connectivity index (χ2n) is 3.65. The lowest BCUT2D eigenvalue weighted by Gasteiger charge is -2.24. The van der Waals surface area contributed by atoms with Crippen LogP contribution in [0.15, 0.2) is 0 Å². The third-order valence-electron chi connectivity index (χ3n) is 2.54. The molecule has 2 atom stereocenters. The van der Waals surface area contributed by atoms with Crippen molar-refractivity contribution in [1.29, 1.82) is 0 Å². The van der Waals surface area contributed by atoms with Crippen molar-refractivity contribution in [3.8, 4) is 0 Å². The lowest BCUT2D eigenvalue weighted by atomic mass is 9.82. The van der Waals surface area contributed by atoms with Crippen LogP contribution in [0, 0.1) is 11.8 Å². The maximum atomic E-state index is 4.25. The standard InChI is InChI=1S/C8H16.C2H6O/c1-7-5-3-4-6-8(7)2;1-3-2/h7-8H,3-6H2,1-2H3;1-2H3. The average Bonchev–Trinajstić information content (AvgIpc) is 1.97. The van der Waals surface area contributed by atoms with Crippen LogP contribution >= 0.6 is 0 Å². The highest BCUT2D eigenvalue weighted by Gasteiger charge is 2.15. The fourth-order valence-electron chi connectivity index (χ4n) is 1.50. The molecular weight excluding hydrogens is 136 g/mol. The van der Waals surface area contributed by atoms with Crippen molar-refractivity contribution < 1.29 is 4.74 Å². The van der Waals surface area contributed by atoms with Crippen molar-refractivity contribution in [1.82, 2.24) is 0 Å². The van der Waals surface area contributed by atoms with Crippen molar-refractivity contribution in [3.05, 3.63) is 0 Å². The molecule has 0 heterocycles. The highest BCUT2D eigenvalue weighted by molar-refractivity contribution is 4.67. The highest BCUT2D eigenvalue weighted by Crippen LogP contribution is 2.28. The van der Waals surface area contributed by atoms with Gasteiger partial charge in [0.25, 0.3) is 0 Å². The van der Waals surface area contributed by atoms with E-state index in [1.165, 1.54) is 25.7 Å². The summed E-state index contributed by atoms with van der Waals surface area (Å²) in [7, 11) is 3.25. The first-order valence-electron chi connectivity index (χ1n) is 4.62. The van der Waals surface area contributed by atoms with E-state index in [2.05, 4.69) is 18.6 Å². The third-order valence-corrected chi connectivity index (χ3v) is 2.54. The molecule has 1 rings (SSSR count). The zero-order chi connectivity index (χ0) is 8.69. The SMILES string of the molecule is CC1CCCCC1C.COC. The van der Waals surface area contributed by atoms with Crippen LogP contribution in [-0.2, 0) is 4.74 Å². The Morgan fingerprint density at radius 3 is 1.36 bits per heavy atom. The maximum Gasteiger partial charge on any atom is 0.0351 e. The number of hydrogen-bond donors (Lipinski definition) is 0. The Bertz CT molecular complexity index is 70.9. The normalized spacial score (nSPS) is 30.5. The van der Waals surface area contributed by atoms with Gasteiger partial charge >= 0.3 is 0 Å². The summed E-state index contributed by atoms with van der Waals surface area (Å²) in [6.07, 6.45) is 5.90. The monoisotopic (exact) mass is 158 g/mol. The van der Waals surface area contributed by atoms with Crippen LogP contribution in [-0.4, -0.2) is 14.2 Å². The van der Waals surface area contributed by atoms with Gasteiger partial charge < -0.3 is 4.74 Å². The predicted octanol–water partition coefficient (Wildman–Crippen LogP) is 3.10. The molecule has 0 amide bonds. The summed E-state index contributed by atoms with van der Waals surface area (Å²) in [5, 5.41) is 0. The Hall–Kier alpha value is -0.0400. The van der Waals surface area contributed by atoms with E-state index in [0.29, 0.717) is 0 Å². The molecule has 1 aliphatic carbocycles. The molecule has 0 aromatic rings. The Morgan fingerprint density at radius 2 is 1.18 bits per heavy atom. The smallest absolute Gasteiger partial charge is 0.0351 e. The van der Waals surface area contributed by atoms with Gasteiger partial charge in [0.15, 0.2) is 0 Å². The Labute approximate surface area is 71.1 Å². The fourth-order valence-corrected chi connectivity index (χ4v) is 1.50. The zero-order valence-corrected chi connectivity index (χ0v) is 8.39. The van der Waals surface area contributed by atoms with E-state index in [4.69, 9.17) is 0 Å². The second-order valence-corrected chi connectivity index (χ2v) is 3.65. The average molecular weight is 158 g/mol. The molecule has 0 saturated heterocycles. The Balaban J connectivity index is 0.000000292. The van der Waals surface area contributed by atoms with Crippen molar-refractivity contribution in [2.45, 2.75) is 39.5 Å². The van der Waals surface area contributed by atoms with E-state index < -0.39 is 0 Å². The van der Waals surface area contributed by atoms with Crippen LogP contribution in [0.1, 0.15) is 39.5 Å². The van der Waals surface area contributed by atoms with Gasteiger partial charge in [0.2, 0.25) is 0 Å². The second kappa shape index (κ2) is 6.66. The van der Waals surface area contributed by atoms with E-state index in [9.17, 15) is 0 Å². The zero-order valence-electron chi connectivity index (χ0n) is 8.39. The van der Waals surface area contributed by atoms with Crippen molar-refractivity contribution in [2.24, 2.45) is 11.8 Å². The summed E-state index contributed by atoms with van der Waals surface area (Å²) >= 11 is 0. The molecule has 1 fully saturated rings. The van der Waals surface area contributed by atoms with Crippen LogP contribution in [0.3, 0.4) is 0 Å². The van der Waals surface area contributed by atoms with Gasteiger partial charge in [0, 0.05) is 14.2 Å². The van der Waals surface area contributed by atoms with Crippen LogP contribution in [0.4, 0.5) is 0 Å². The van der Waals surface area contributed by atoms with Gasteiger partial charge in [0.05, 0.1) is 0 Å². The maximum absolute atomic E-state index is 4.25. The highest BCUT2D eigenvalue weighted by atomic mass is 16.4. The molecule has 1 saturated carbocycles. The largest absolute Gasteiger partial charge is 0.388 e. The molecular formula is C10H22O. The molecule has 0 N–H and O–H groups in total. The Morgan fingerprint density at radius 1 is 0.909 bits per heavy atom. The molecule has 0 aliphatic heterocycles. The van der Waals surface area contributed by atoms with Crippen LogP contribution < -0.4 is 0 Å². The van der Waals surface area contributed by atoms with Crippen LogP contribution in [0.25, 0.3) is 0 Å². The summed E-state index contributed by atoms with van der Waals surface area (Å²) in [6, 6.07) is 0. The van der Waals surface area contributed by atoms with Gasteiger partial charge in [-0.2, -0.15) is 0 Å². The van der Waals surface area contributed by atoms with Crippen molar-refractivity contribution >= 4 is 0 Å². The van der Waals surface area contributed by atoms with E-state index in [-0.39, 0.29) is 0 Å². The first-order valence-corrected chi connectivity index (χ1v) is 4.62. The third kappa shape index (κ3) is 5.25. The fraction of sp³-hybridized carbons (Fsp3) is 1.00. The van der Waals surface area contributed by atoms with E-state index in [0.717, 1.165) is 11.8 Å². The number of rotatable bonds is 0. The van der Waals surface area contributed by atoms with Gasteiger partial charge in [-0.1, -0.05) is 39.5 Å². The van der Waals surface area contributed by atoms with Crippen molar-refractivity contribution in [3.63, 3.8) is 0 Å². The minimum absolute atomic E-state index is 1.00. The van der Waals surface area contributed by atoms with Gasteiger partial charge in [-0.15, -0.1) is 0 Å². The van der Waals surface area contributed by atoms with Gasteiger partial charge in [0.1, 0.15) is 0 Å².